The third-order valence-corrected chi connectivity index (χ3v) is 4.82. The summed E-state index contributed by atoms with van der Waals surface area (Å²) >= 11 is 1.70. The summed E-state index contributed by atoms with van der Waals surface area (Å²) in [6.45, 7) is 4.29. The molecule has 2 rings (SSSR count). The molecule has 1 saturated heterocycles. The van der Waals surface area contributed by atoms with Gasteiger partial charge in [-0.2, -0.15) is 0 Å². The fourth-order valence-electron chi connectivity index (χ4n) is 2.45. The first-order chi connectivity index (χ1) is 9.65. The predicted octanol–water partition coefficient (Wildman–Crippen LogP) is 2.44. The molecule has 110 valence electrons. The summed E-state index contributed by atoms with van der Waals surface area (Å²) in [5.41, 5.74) is 2.63. The molecule has 0 bridgehead atoms. The summed E-state index contributed by atoms with van der Waals surface area (Å²) in [6, 6.07) is 8.74. The average molecular weight is 292 g/mol. The first-order valence-electron chi connectivity index (χ1n) is 7.25. The molecule has 0 saturated carbocycles. The molecule has 0 aliphatic carbocycles. The Morgan fingerprint density at radius 1 is 1.35 bits per heavy atom. The molecule has 1 aliphatic rings. The van der Waals surface area contributed by atoms with Crippen LogP contribution in [0.25, 0.3) is 0 Å². The Kier molecular flexibility index (Phi) is 5.92. The summed E-state index contributed by atoms with van der Waals surface area (Å²) in [5, 5.41) is 3.15. The molecule has 1 N–H and O–H groups in total. The molecule has 4 heteroatoms. The van der Waals surface area contributed by atoms with Crippen LogP contribution in [0.5, 0.6) is 0 Å². The van der Waals surface area contributed by atoms with Crippen molar-refractivity contribution < 1.29 is 4.79 Å². The molecule has 1 aliphatic heterocycles. The molecule has 20 heavy (non-hydrogen) atoms. The highest BCUT2D eigenvalue weighted by atomic mass is 32.2. The second-order valence-corrected chi connectivity index (χ2v) is 6.55. The minimum Gasteiger partial charge on any atom is -0.353 e. The van der Waals surface area contributed by atoms with E-state index in [0.29, 0.717) is 11.8 Å². The van der Waals surface area contributed by atoms with Crippen LogP contribution < -0.4 is 5.32 Å². The maximum Gasteiger partial charge on any atom is 0.230 e. The Morgan fingerprint density at radius 3 is 2.75 bits per heavy atom. The minimum atomic E-state index is 0.179. The molecule has 0 unspecified atom stereocenters. The van der Waals surface area contributed by atoms with Gasteiger partial charge in [0.05, 0.1) is 5.75 Å². The number of hydrogen-bond donors (Lipinski definition) is 1. The Balaban J connectivity index is 1.67. The Bertz CT molecular complexity index is 442. The Hall–Kier alpha value is -1.00. The monoisotopic (exact) mass is 292 g/mol. The molecule has 1 aromatic rings. The van der Waals surface area contributed by atoms with E-state index in [1.807, 2.05) is 0 Å². The number of nitrogens with one attached hydrogen (secondary N) is 1. The number of piperidine rings is 1. The van der Waals surface area contributed by atoms with Crippen molar-refractivity contribution in [1.82, 2.24) is 10.2 Å². The van der Waals surface area contributed by atoms with Crippen LogP contribution in [-0.2, 0) is 10.5 Å². The lowest BCUT2D eigenvalue weighted by Gasteiger charge is -2.29. The van der Waals surface area contributed by atoms with Crippen LogP contribution in [0.15, 0.2) is 24.3 Å². The van der Waals surface area contributed by atoms with Crippen molar-refractivity contribution in [2.45, 2.75) is 31.6 Å². The summed E-state index contributed by atoms with van der Waals surface area (Å²) < 4.78 is 0. The van der Waals surface area contributed by atoms with Crippen molar-refractivity contribution in [3.05, 3.63) is 35.4 Å². The first kappa shape index (κ1) is 15.4. The van der Waals surface area contributed by atoms with Gasteiger partial charge < -0.3 is 10.2 Å². The Morgan fingerprint density at radius 2 is 2.05 bits per heavy atom. The van der Waals surface area contributed by atoms with Crippen LogP contribution in [0.3, 0.4) is 0 Å². The average Bonchev–Trinajstić information content (AvgIpc) is 2.43. The summed E-state index contributed by atoms with van der Waals surface area (Å²) in [7, 11) is 2.14. The molecule has 1 fully saturated rings. The van der Waals surface area contributed by atoms with Crippen molar-refractivity contribution in [2.24, 2.45) is 0 Å². The zero-order valence-electron chi connectivity index (χ0n) is 12.4. The lowest BCUT2D eigenvalue weighted by Crippen LogP contribution is -2.43. The van der Waals surface area contributed by atoms with Crippen molar-refractivity contribution in [3.8, 4) is 0 Å². The Labute approximate surface area is 126 Å². The maximum absolute atomic E-state index is 11.9. The zero-order valence-corrected chi connectivity index (χ0v) is 13.2. The summed E-state index contributed by atoms with van der Waals surface area (Å²) in [6.07, 6.45) is 2.15. The SMILES string of the molecule is Cc1ccccc1CSCC(=O)NC1CCN(C)CC1. The van der Waals surface area contributed by atoms with Gasteiger partial charge in [-0.1, -0.05) is 24.3 Å². The number of nitrogens with zero attached hydrogens (tertiary/aromatic N) is 1. The number of carbonyl (C=O) groups excluding carboxylic acids is 1. The molecule has 1 heterocycles. The molecule has 0 atom stereocenters. The van der Waals surface area contributed by atoms with E-state index in [9.17, 15) is 4.79 Å². The fraction of sp³-hybridized carbons (Fsp3) is 0.562. The molecule has 0 spiro atoms. The quantitative estimate of drug-likeness (QED) is 0.904. The van der Waals surface area contributed by atoms with Crippen LogP contribution in [-0.4, -0.2) is 42.7 Å². The van der Waals surface area contributed by atoms with Gasteiger partial charge in [0.1, 0.15) is 0 Å². The van der Waals surface area contributed by atoms with Gasteiger partial charge in [-0.05, 0) is 51.0 Å². The van der Waals surface area contributed by atoms with Crippen LogP contribution >= 0.6 is 11.8 Å². The number of hydrogen-bond acceptors (Lipinski definition) is 3. The topological polar surface area (TPSA) is 32.3 Å². The molecular formula is C16H24N2OS. The number of amides is 1. The fourth-order valence-corrected chi connectivity index (χ4v) is 3.36. The van der Waals surface area contributed by atoms with Crippen LogP contribution in [0.2, 0.25) is 0 Å². The second kappa shape index (κ2) is 7.70. The minimum absolute atomic E-state index is 0.179. The predicted molar refractivity (Wildman–Crippen MR) is 86.0 cm³/mol. The van der Waals surface area contributed by atoms with Crippen molar-refractivity contribution >= 4 is 17.7 Å². The lowest BCUT2D eigenvalue weighted by atomic mass is 10.1. The molecule has 0 radical (unpaired) electrons. The van der Waals surface area contributed by atoms with Gasteiger partial charge in [0.25, 0.3) is 0 Å². The van der Waals surface area contributed by atoms with Gasteiger partial charge >= 0.3 is 0 Å². The van der Waals surface area contributed by atoms with E-state index in [1.54, 1.807) is 11.8 Å². The summed E-state index contributed by atoms with van der Waals surface area (Å²) in [4.78, 5) is 14.2. The molecule has 0 aromatic heterocycles. The van der Waals surface area contributed by atoms with E-state index < -0.39 is 0 Å². The molecule has 3 nitrogen and oxygen atoms in total. The van der Waals surface area contributed by atoms with Crippen molar-refractivity contribution in [1.29, 1.82) is 0 Å². The molecule has 1 aromatic carbocycles. The van der Waals surface area contributed by atoms with Gasteiger partial charge in [0.15, 0.2) is 0 Å². The largest absolute Gasteiger partial charge is 0.353 e. The number of likely N-dealkylation sites (tertiary alicyclic amines) is 1. The molecule has 1 amide bonds. The number of thioether (sulfide) groups is 1. The van der Waals surface area contributed by atoms with Crippen LogP contribution in [0.1, 0.15) is 24.0 Å². The third kappa shape index (κ3) is 4.84. The van der Waals surface area contributed by atoms with Gasteiger partial charge in [0, 0.05) is 11.8 Å². The van der Waals surface area contributed by atoms with E-state index in [4.69, 9.17) is 0 Å². The third-order valence-electron chi connectivity index (χ3n) is 3.84. The van der Waals surface area contributed by atoms with E-state index in [1.165, 1.54) is 11.1 Å². The van der Waals surface area contributed by atoms with E-state index in [-0.39, 0.29) is 5.91 Å². The van der Waals surface area contributed by atoms with Gasteiger partial charge in [-0.3, -0.25) is 4.79 Å². The first-order valence-corrected chi connectivity index (χ1v) is 8.41. The second-order valence-electron chi connectivity index (χ2n) is 5.56. The van der Waals surface area contributed by atoms with Crippen molar-refractivity contribution in [2.75, 3.05) is 25.9 Å². The van der Waals surface area contributed by atoms with Crippen LogP contribution in [0, 0.1) is 6.92 Å². The number of carbonyl (C=O) groups is 1. The van der Waals surface area contributed by atoms with E-state index >= 15 is 0 Å². The highest BCUT2D eigenvalue weighted by Crippen LogP contribution is 2.16. The lowest BCUT2D eigenvalue weighted by molar-refractivity contribution is -0.119. The maximum atomic E-state index is 11.9. The van der Waals surface area contributed by atoms with Crippen LogP contribution in [0.4, 0.5) is 0 Å². The normalized spacial score (nSPS) is 17.1. The van der Waals surface area contributed by atoms with Gasteiger partial charge in [-0.15, -0.1) is 11.8 Å². The van der Waals surface area contributed by atoms with Crippen molar-refractivity contribution in [3.63, 3.8) is 0 Å². The van der Waals surface area contributed by atoms with Gasteiger partial charge in [-0.25, -0.2) is 0 Å². The van der Waals surface area contributed by atoms with E-state index in [0.717, 1.165) is 31.7 Å². The number of rotatable bonds is 5. The zero-order chi connectivity index (χ0) is 14.4. The smallest absolute Gasteiger partial charge is 0.230 e. The highest BCUT2D eigenvalue weighted by molar-refractivity contribution is 7.99. The van der Waals surface area contributed by atoms with E-state index in [2.05, 4.69) is 48.5 Å². The van der Waals surface area contributed by atoms with Gasteiger partial charge in [0.2, 0.25) is 5.91 Å². The number of benzene rings is 1. The molecular weight excluding hydrogens is 268 g/mol. The number of aryl methyl sites for hydroxylation is 1. The highest BCUT2D eigenvalue weighted by Gasteiger charge is 2.18. The summed E-state index contributed by atoms with van der Waals surface area (Å²) in [5.74, 6) is 1.65. The standard InChI is InChI=1S/C16H24N2OS/c1-13-5-3-4-6-14(13)11-20-12-16(19)17-15-7-9-18(2)10-8-15/h3-6,15H,7-12H2,1-2H3,(H,17,19).